The number of aliphatic hydroxyl groups excluding tert-OH is 1. The van der Waals surface area contributed by atoms with Crippen LogP contribution < -0.4 is 5.32 Å². The number of carbonyl (C=O) groups excluding carboxylic acids is 1. The minimum absolute atomic E-state index is 0.201. The van der Waals surface area contributed by atoms with Gasteiger partial charge in [0.1, 0.15) is 0 Å². The standard InChI is InChI=1S/C16H16ClNO2S/c17-13-5-2-1-4-12(13)7-8-16(20)18-10-9-14(19)15-6-3-11-21-15/h1-8,11,14,19H,9-10H2,(H,18,20)/b8-7+/t14-/m1/s1. The zero-order valence-corrected chi connectivity index (χ0v) is 12.9. The molecule has 2 aromatic rings. The number of rotatable bonds is 6. The van der Waals surface area contributed by atoms with Crippen molar-refractivity contribution in [1.29, 1.82) is 0 Å². The molecule has 2 rings (SSSR count). The maximum absolute atomic E-state index is 11.7. The number of hydrogen-bond donors (Lipinski definition) is 2. The van der Waals surface area contributed by atoms with Gasteiger partial charge in [0.2, 0.25) is 5.91 Å². The van der Waals surface area contributed by atoms with E-state index >= 15 is 0 Å². The predicted octanol–water partition coefficient (Wildman–Crippen LogP) is 3.65. The van der Waals surface area contributed by atoms with Gasteiger partial charge in [-0.05, 0) is 35.6 Å². The molecular formula is C16H16ClNO2S. The Balaban J connectivity index is 1.76. The Kier molecular flexibility index (Phi) is 5.99. The molecule has 3 nitrogen and oxygen atoms in total. The number of carbonyl (C=O) groups is 1. The molecule has 0 aliphatic rings. The highest BCUT2D eigenvalue weighted by atomic mass is 35.5. The lowest BCUT2D eigenvalue weighted by atomic mass is 10.2. The maximum Gasteiger partial charge on any atom is 0.244 e. The average Bonchev–Trinajstić information content (AvgIpc) is 3.00. The van der Waals surface area contributed by atoms with Gasteiger partial charge < -0.3 is 10.4 Å². The summed E-state index contributed by atoms with van der Waals surface area (Å²) in [5.41, 5.74) is 0.799. The van der Waals surface area contributed by atoms with E-state index in [4.69, 9.17) is 11.6 Å². The molecule has 0 saturated carbocycles. The lowest BCUT2D eigenvalue weighted by Gasteiger charge is -2.08. The first-order valence-electron chi connectivity index (χ1n) is 6.58. The van der Waals surface area contributed by atoms with Gasteiger partial charge in [-0.1, -0.05) is 35.9 Å². The van der Waals surface area contributed by atoms with Crippen molar-refractivity contribution in [3.63, 3.8) is 0 Å². The Labute approximate surface area is 132 Å². The third kappa shape index (κ3) is 5.01. The van der Waals surface area contributed by atoms with Crippen LogP contribution in [0.15, 0.2) is 47.9 Å². The molecule has 0 aliphatic carbocycles. The van der Waals surface area contributed by atoms with Crippen LogP contribution in [0.5, 0.6) is 0 Å². The van der Waals surface area contributed by atoms with Gasteiger partial charge in [-0.25, -0.2) is 0 Å². The summed E-state index contributed by atoms with van der Waals surface area (Å²) in [5.74, 6) is -0.201. The van der Waals surface area contributed by atoms with Crippen LogP contribution in [0.3, 0.4) is 0 Å². The van der Waals surface area contributed by atoms with Crippen LogP contribution in [0, 0.1) is 0 Å². The normalized spacial score (nSPS) is 12.5. The number of halogens is 1. The molecule has 0 bridgehead atoms. The lowest BCUT2D eigenvalue weighted by Crippen LogP contribution is -2.23. The zero-order valence-electron chi connectivity index (χ0n) is 11.3. The highest BCUT2D eigenvalue weighted by molar-refractivity contribution is 7.10. The van der Waals surface area contributed by atoms with Crippen LogP contribution in [0.2, 0.25) is 5.02 Å². The number of benzene rings is 1. The SMILES string of the molecule is O=C(/C=C/c1ccccc1Cl)NCC[C@@H](O)c1cccs1. The summed E-state index contributed by atoms with van der Waals surface area (Å²) in [4.78, 5) is 12.6. The molecule has 0 spiro atoms. The first-order valence-corrected chi connectivity index (χ1v) is 7.84. The van der Waals surface area contributed by atoms with Gasteiger partial charge in [0, 0.05) is 22.5 Å². The van der Waals surface area contributed by atoms with Crippen LogP contribution in [-0.2, 0) is 4.79 Å². The van der Waals surface area contributed by atoms with Crippen LogP contribution in [0.25, 0.3) is 6.08 Å². The average molecular weight is 322 g/mol. The number of thiophene rings is 1. The lowest BCUT2D eigenvalue weighted by molar-refractivity contribution is -0.116. The van der Waals surface area contributed by atoms with E-state index in [2.05, 4.69) is 5.32 Å². The number of hydrogen-bond acceptors (Lipinski definition) is 3. The first kappa shape index (κ1) is 15.8. The van der Waals surface area contributed by atoms with E-state index < -0.39 is 6.10 Å². The second kappa shape index (κ2) is 7.98. The van der Waals surface area contributed by atoms with Crippen LogP contribution >= 0.6 is 22.9 Å². The van der Waals surface area contributed by atoms with Gasteiger partial charge in [0.25, 0.3) is 0 Å². The molecule has 0 fully saturated rings. The van der Waals surface area contributed by atoms with Crippen molar-refractivity contribution >= 4 is 34.9 Å². The Hall–Kier alpha value is -1.62. The van der Waals surface area contributed by atoms with E-state index in [1.54, 1.807) is 12.1 Å². The van der Waals surface area contributed by atoms with Gasteiger partial charge in [-0.3, -0.25) is 4.79 Å². The second-order valence-corrected chi connectivity index (χ2v) is 5.85. The highest BCUT2D eigenvalue weighted by Gasteiger charge is 2.08. The summed E-state index contributed by atoms with van der Waals surface area (Å²) < 4.78 is 0. The Morgan fingerprint density at radius 3 is 2.86 bits per heavy atom. The molecule has 110 valence electrons. The number of amides is 1. The van der Waals surface area contributed by atoms with Crippen molar-refractivity contribution in [1.82, 2.24) is 5.32 Å². The summed E-state index contributed by atoms with van der Waals surface area (Å²) in [6.07, 6.45) is 3.08. The molecule has 1 aromatic carbocycles. The molecule has 0 radical (unpaired) electrons. The quantitative estimate of drug-likeness (QED) is 0.798. The van der Waals surface area contributed by atoms with Crippen molar-refractivity contribution in [2.75, 3.05) is 6.54 Å². The summed E-state index contributed by atoms with van der Waals surface area (Å²) in [6, 6.07) is 11.1. The Morgan fingerprint density at radius 2 is 2.14 bits per heavy atom. The Bertz CT molecular complexity index is 610. The van der Waals surface area contributed by atoms with Crippen LogP contribution in [0.4, 0.5) is 0 Å². The van der Waals surface area contributed by atoms with Crippen molar-refractivity contribution in [3.8, 4) is 0 Å². The third-order valence-electron chi connectivity index (χ3n) is 2.91. The fourth-order valence-corrected chi connectivity index (χ4v) is 2.73. The molecule has 0 aliphatic heterocycles. The molecule has 21 heavy (non-hydrogen) atoms. The zero-order chi connectivity index (χ0) is 15.1. The van der Waals surface area contributed by atoms with Gasteiger partial charge >= 0.3 is 0 Å². The van der Waals surface area contributed by atoms with Crippen LogP contribution in [-0.4, -0.2) is 17.6 Å². The monoisotopic (exact) mass is 321 g/mol. The largest absolute Gasteiger partial charge is 0.388 e. The number of aliphatic hydroxyl groups is 1. The summed E-state index contributed by atoms with van der Waals surface area (Å²) in [5, 5.41) is 15.2. The first-order chi connectivity index (χ1) is 10.2. The topological polar surface area (TPSA) is 49.3 Å². The van der Waals surface area contributed by atoms with Crippen molar-refractivity contribution in [2.45, 2.75) is 12.5 Å². The minimum Gasteiger partial charge on any atom is -0.388 e. The van der Waals surface area contributed by atoms with E-state index in [0.29, 0.717) is 18.0 Å². The molecule has 2 N–H and O–H groups in total. The molecule has 1 aromatic heterocycles. The van der Waals surface area contributed by atoms with Gasteiger partial charge in [-0.15, -0.1) is 11.3 Å². The van der Waals surface area contributed by atoms with E-state index in [1.165, 1.54) is 17.4 Å². The molecule has 1 atom stereocenters. The summed E-state index contributed by atoms with van der Waals surface area (Å²) in [6.45, 7) is 0.421. The number of nitrogens with one attached hydrogen (secondary N) is 1. The fourth-order valence-electron chi connectivity index (χ4n) is 1.79. The molecule has 1 heterocycles. The predicted molar refractivity (Wildman–Crippen MR) is 87.4 cm³/mol. The molecule has 0 saturated heterocycles. The molecule has 1 amide bonds. The molecule has 0 unspecified atom stereocenters. The van der Waals surface area contributed by atoms with E-state index in [-0.39, 0.29) is 5.91 Å². The fraction of sp³-hybridized carbons (Fsp3) is 0.188. The third-order valence-corrected chi connectivity index (χ3v) is 4.23. The van der Waals surface area contributed by atoms with Crippen molar-refractivity contribution in [2.24, 2.45) is 0 Å². The minimum atomic E-state index is -0.530. The van der Waals surface area contributed by atoms with Gasteiger partial charge in [0.05, 0.1) is 6.10 Å². The molecular weight excluding hydrogens is 306 g/mol. The summed E-state index contributed by atoms with van der Waals surface area (Å²) in [7, 11) is 0. The highest BCUT2D eigenvalue weighted by Crippen LogP contribution is 2.21. The molecule has 5 heteroatoms. The maximum atomic E-state index is 11.7. The smallest absolute Gasteiger partial charge is 0.244 e. The van der Waals surface area contributed by atoms with E-state index in [1.807, 2.05) is 35.7 Å². The van der Waals surface area contributed by atoms with Gasteiger partial charge in [0.15, 0.2) is 0 Å². The van der Waals surface area contributed by atoms with Crippen molar-refractivity contribution < 1.29 is 9.90 Å². The van der Waals surface area contributed by atoms with E-state index in [9.17, 15) is 9.90 Å². The van der Waals surface area contributed by atoms with Crippen LogP contribution in [0.1, 0.15) is 23.0 Å². The second-order valence-electron chi connectivity index (χ2n) is 4.47. The van der Waals surface area contributed by atoms with E-state index in [0.717, 1.165) is 10.4 Å². The summed E-state index contributed by atoms with van der Waals surface area (Å²) >= 11 is 7.50. The van der Waals surface area contributed by atoms with Crippen molar-refractivity contribution in [3.05, 3.63) is 63.3 Å². The Morgan fingerprint density at radius 1 is 1.33 bits per heavy atom. The van der Waals surface area contributed by atoms with Gasteiger partial charge in [-0.2, -0.15) is 0 Å².